The van der Waals surface area contributed by atoms with Gasteiger partial charge in [-0.15, -0.1) is 5.10 Å². The molecule has 6 nitrogen and oxygen atoms in total. The van der Waals surface area contributed by atoms with Gasteiger partial charge in [-0.25, -0.2) is 14.1 Å². The molecule has 3 rings (SSSR count). The van der Waals surface area contributed by atoms with Crippen molar-refractivity contribution in [3.8, 4) is 17.1 Å². The molecule has 1 amide bonds. The van der Waals surface area contributed by atoms with Crippen LogP contribution in [0.2, 0.25) is 0 Å². The van der Waals surface area contributed by atoms with Crippen LogP contribution in [-0.4, -0.2) is 40.9 Å². The van der Waals surface area contributed by atoms with Crippen molar-refractivity contribution in [2.75, 3.05) is 20.3 Å². The molecule has 0 aliphatic heterocycles. The van der Waals surface area contributed by atoms with Gasteiger partial charge in [-0.2, -0.15) is 0 Å². The Labute approximate surface area is 157 Å². The van der Waals surface area contributed by atoms with Crippen molar-refractivity contribution >= 4 is 5.91 Å². The molecule has 1 heterocycles. The number of hydrogen-bond acceptors (Lipinski definition) is 4. The van der Waals surface area contributed by atoms with Crippen LogP contribution in [0.25, 0.3) is 17.1 Å². The van der Waals surface area contributed by atoms with Gasteiger partial charge in [0.05, 0.1) is 12.3 Å². The van der Waals surface area contributed by atoms with E-state index in [0.29, 0.717) is 24.5 Å². The van der Waals surface area contributed by atoms with E-state index in [2.05, 4.69) is 15.4 Å². The minimum absolute atomic E-state index is 0.0467. The van der Waals surface area contributed by atoms with Crippen molar-refractivity contribution < 1.29 is 13.9 Å². The van der Waals surface area contributed by atoms with E-state index in [-0.39, 0.29) is 17.5 Å². The van der Waals surface area contributed by atoms with Crippen LogP contribution >= 0.6 is 0 Å². The number of methoxy groups -OCH3 is 1. The standard InChI is InChI=1S/C20H21FN4O2/c1-13-4-9-17(14(2)12-13)25-19(15-5-7-16(21)8-6-15)23-18(24-25)20(26)22-10-11-27-3/h4-9,12H,10-11H2,1-3H3,(H,22,26). The summed E-state index contributed by atoms with van der Waals surface area (Å²) in [5.74, 6) is -0.211. The number of carbonyl (C=O) groups excluding carboxylic acids is 1. The van der Waals surface area contributed by atoms with Crippen LogP contribution in [0.1, 0.15) is 21.7 Å². The molecule has 0 bridgehead atoms. The Morgan fingerprint density at radius 2 is 1.93 bits per heavy atom. The number of ether oxygens (including phenoxy) is 1. The molecule has 7 heteroatoms. The highest BCUT2D eigenvalue weighted by molar-refractivity contribution is 5.91. The van der Waals surface area contributed by atoms with Gasteiger partial charge in [0, 0.05) is 19.2 Å². The number of halogens is 1. The fourth-order valence-corrected chi connectivity index (χ4v) is 2.75. The molecule has 1 N–H and O–H groups in total. The maximum atomic E-state index is 13.3. The fraction of sp³-hybridized carbons (Fsp3) is 0.250. The quantitative estimate of drug-likeness (QED) is 0.679. The van der Waals surface area contributed by atoms with Gasteiger partial charge in [-0.1, -0.05) is 17.7 Å². The van der Waals surface area contributed by atoms with E-state index in [1.165, 1.54) is 12.1 Å². The fourth-order valence-electron chi connectivity index (χ4n) is 2.75. The number of amides is 1. The Balaban J connectivity index is 2.06. The summed E-state index contributed by atoms with van der Waals surface area (Å²) in [5, 5.41) is 7.12. The molecule has 3 aromatic rings. The Bertz CT molecular complexity index is 951. The molecule has 0 saturated carbocycles. The van der Waals surface area contributed by atoms with Gasteiger partial charge >= 0.3 is 0 Å². The van der Waals surface area contributed by atoms with Gasteiger partial charge in [0.15, 0.2) is 5.82 Å². The second-order valence-corrected chi connectivity index (χ2v) is 6.22. The normalized spacial score (nSPS) is 10.8. The van der Waals surface area contributed by atoms with Crippen molar-refractivity contribution in [1.29, 1.82) is 0 Å². The molecule has 0 fully saturated rings. The molecular weight excluding hydrogens is 347 g/mol. The van der Waals surface area contributed by atoms with Crippen LogP contribution in [-0.2, 0) is 4.74 Å². The Morgan fingerprint density at radius 1 is 1.19 bits per heavy atom. The highest BCUT2D eigenvalue weighted by Crippen LogP contribution is 2.24. The second kappa shape index (κ2) is 8.09. The van der Waals surface area contributed by atoms with E-state index in [1.54, 1.807) is 23.9 Å². The maximum Gasteiger partial charge on any atom is 0.291 e. The third-order valence-corrected chi connectivity index (χ3v) is 4.08. The first kappa shape index (κ1) is 18.7. The number of carbonyl (C=O) groups is 1. The lowest BCUT2D eigenvalue weighted by Crippen LogP contribution is -2.28. The summed E-state index contributed by atoms with van der Waals surface area (Å²) in [4.78, 5) is 16.8. The molecule has 2 aromatic carbocycles. The monoisotopic (exact) mass is 368 g/mol. The van der Waals surface area contributed by atoms with Crippen LogP contribution < -0.4 is 5.32 Å². The van der Waals surface area contributed by atoms with Gasteiger partial charge < -0.3 is 10.1 Å². The molecular formula is C20H21FN4O2. The van der Waals surface area contributed by atoms with Gasteiger partial charge in [-0.3, -0.25) is 4.79 Å². The van der Waals surface area contributed by atoms with E-state index >= 15 is 0 Å². The first-order chi connectivity index (χ1) is 13.0. The summed E-state index contributed by atoms with van der Waals surface area (Å²) in [6.45, 7) is 4.73. The summed E-state index contributed by atoms with van der Waals surface area (Å²) in [5.41, 5.74) is 3.59. The number of aryl methyl sites for hydroxylation is 2. The average Bonchev–Trinajstić information content (AvgIpc) is 3.07. The summed E-state index contributed by atoms with van der Waals surface area (Å²) in [7, 11) is 1.56. The minimum Gasteiger partial charge on any atom is -0.383 e. The van der Waals surface area contributed by atoms with Gasteiger partial charge in [0.25, 0.3) is 5.91 Å². The van der Waals surface area contributed by atoms with Gasteiger partial charge in [0.2, 0.25) is 5.82 Å². The lowest BCUT2D eigenvalue weighted by atomic mass is 10.1. The highest BCUT2D eigenvalue weighted by atomic mass is 19.1. The number of aromatic nitrogens is 3. The number of benzene rings is 2. The van der Waals surface area contributed by atoms with E-state index in [1.807, 2.05) is 32.0 Å². The van der Waals surface area contributed by atoms with E-state index in [4.69, 9.17) is 4.74 Å². The maximum absolute atomic E-state index is 13.3. The number of rotatable bonds is 6. The molecule has 27 heavy (non-hydrogen) atoms. The zero-order chi connectivity index (χ0) is 19.4. The molecule has 0 aliphatic rings. The molecule has 0 atom stereocenters. The smallest absolute Gasteiger partial charge is 0.291 e. The molecule has 0 unspecified atom stereocenters. The topological polar surface area (TPSA) is 69.0 Å². The van der Waals surface area contributed by atoms with Gasteiger partial charge in [-0.05, 0) is 49.7 Å². The first-order valence-corrected chi connectivity index (χ1v) is 8.57. The Kier molecular flexibility index (Phi) is 5.61. The Hall–Kier alpha value is -3.06. The average molecular weight is 368 g/mol. The lowest BCUT2D eigenvalue weighted by molar-refractivity contribution is 0.0927. The van der Waals surface area contributed by atoms with E-state index in [0.717, 1.165) is 16.8 Å². The van der Waals surface area contributed by atoms with Crippen LogP contribution in [0.5, 0.6) is 0 Å². The van der Waals surface area contributed by atoms with E-state index in [9.17, 15) is 9.18 Å². The zero-order valence-corrected chi connectivity index (χ0v) is 15.5. The molecule has 0 aliphatic carbocycles. The largest absolute Gasteiger partial charge is 0.383 e. The van der Waals surface area contributed by atoms with Crippen molar-refractivity contribution in [3.63, 3.8) is 0 Å². The van der Waals surface area contributed by atoms with Crippen LogP contribution in [0, 0.1) is 19.7 Å². The van der Waals surface area contributed by atoms with E-state index < -0.39 is 0 Å². The summed E-state index contributed by atoms with van der Waals surface area (Å²) in [6.07, 6.45) is 0. The van der Waals surface area contributed by atoms with Crippen molar-refractivity contribution in [2.24, 2.45) is 0 Å². The predicted octanol–water partition coefficient (Wildman–Crippen LogP) is 3.07. The van der Waals surface area contributed by atoms with Crippen molar-refractivity contribution in [3.05, 3.63) is 65.2 Å². The zero-order valence-electron chi connectivity index (χ0n) is 15.5. The molecule has 140 valence electrons. The summed E-state index contributed by atoms with van der Waals surface area (Å²) < 4.78 is 19.9. The minimum atomic E-state index is -0.390. The molecule has 1 aromatic heterocycles. The van der Waals surface area contributed by atoms with Crippen LogP contribution in [0.15, 0.2) is 42.5 Å². The molecule has 0 radical (unpaired) electrons. The first-order valence-electron chi connectivity index (χ1n) is 8.57. The second-order valence-electron chi connectivity index (χ2n) is 6.22. The third-order valence-electron chi connectivity index (χ3n) is 4.08. The Morgan fingerprint density at radius 3 is 2.59 bits per heavy atom. The number of nitrogens with one attached hydrogen (secondary N) is 1. The summed E-state index contributed by atoms with van der Waals surface area (Å²) in [6, 6.07) is 11.9. The molecule has 0 spiro atoms. The molecule has 0 saturated heterocycles. The number of nitrogens with zero attached hydrogens (tertiary/aromatic N) is 3. The third kappa shape index (κ3) is 4.20. The van der Waals surface area contributed by atoms with Gasteiger partial charge in [0.1, 0.15) is 5.82 Å². The summed E-state index contributed by atoms with van der Waals surface area (Å²) >= 11 is 0. The van der Waals surface area contributed by atoms with Crippen LogP contribution in [0.3, 0.4) is 0 Å². The predicted molar refractivity (Wildman–Crippen MR) is 100 cm³/mol. The SMILES string of the molecule is COCCNC(=O)c1nc(-c2ccc(F)cc2)n(-c2ccc(C)cc2C)n1. The van der Waals surface area contributed by atoms with Crippen molar-refractivity contribution in [1.82, 2.24) is 20.1 Å². The van der Waals surface area contributed by atoms with Crippen LogP contribution in [0.4, 0.5) is 4.39 Å². The lowest BCUT2D eigenvalue weighted by Gasteiger charge is -2.09. The highest BCUT2D eigenvalue weighted by Gasteiger charge is 2.19. The number of hydrogen-bond donors (Lipinski definition) is 1. The van der Waals surface area contributed by atoms with Crippen molar-refractivity contribution in [2.45, 2.75) is 13.8 Å².